The Morgan fingerprint density at radius 2 is 2.05 bits per heavy atom. The first-order valence-corrected chi connectivity index (χ1v) is 7.56. The molecule has 0 atom stereocenters. The topological polar surface area (TPSA) is 36.1 Å². The van der Waals surface area contributed by atoms with Gasteiger partial charge in [0.1, 0.15) is 5.69 Å². The second-order valence-corrected chi connectivity index (χ2v) is 6.15. The molecule has 1 aliphatic rings. The van der Waals surface area contributed by atoms with Crippen LogP contribution in [-0.2, 0) is 19.3 Å². The van der Waals surface area contributed by atoms with E-state index in [-0.39, 0.29) is 5.56 Å². The Hall–Kier alpha value is -2.03. The van der Waals surface area contributed by atoms with E-state index >= 15 is 0 Å². The van der Waals surface area contributed by atoms with Gasteiger partial charge >= 0.3 is 0 Å². The first-order chi connectivity index (χ1) is 10.1. The Balaban J connectivity index is 2.14. The molecule has 1 aromatic heterocycles. The van der Waals surface area contributed by atoms with Gasteiger partial charge in [0.2, 0.25) is 0 Å². The van der Waals surface area contributed by atoms with Gasteiger partial charge in [-0.25, -0.2) is 0 Å². The third-order valence-electron chi connectivity index (χ3n) is 4.26. The van der Waals surface area contributed by atoms with Crippen LogP contribution in [0.2, 0.25) is 0 Å². The SMILES string of the molecule is Cc1cccc(Cc2c3c([nH]c(=O)c2N(C)C)CCC3)c1. The summed E-state index contributed by atoms with van der Waals surface area (Å²) in [6.07, 6.45) is 4.05. The number of H-pyrrole nitrogens is 1. The number of nitrogens with zero attached hydrogens (tertiary/aromatic N) is 1. The average Bonchev–Trinajstić information content (AvgIpc) is 2.86. The van der Waals surface area contributed by atoms with Crippen molar-refractivity contribution in [3.05, 3.63) is 62.6 Å². The molecule has 1 aliphatic carbocycles. The minimum absolute atomic E-state index is 0.0447. The molecule has 0 radical (unpaired) electrons. The number of aryl methyl sites for hydroxylation is 2. The third-order valence-corrected chi connectivity index (χ3v) is 4.26. The van der Waals surface area contributed by atoms with E-state index in [1.165, 1.54) is 22.3 Å². The van der Waals surface area contributed by atoms with Gasteiger partial charge in [-0.2, -0.15) is 0 Å². The molecule has 0 saturated heterocycles. The molecule has 3 rings (SSSR count). The van der Waals surface area contributed by atoms with Gasteiger partial charge in [0.05, 0.1) is 0 Å². The normalized spacial score (nSPS) is 13.3. The molecule has 1 aromatic carbocycles. The molecule has 0 bridgehead atoms. The van der Waals surface area contributed by atoms with Gasteiger partial charge in [0.25, 0.3) is 5.56 Å². The van der Waals surface area contributed by atoms with Crippen LogP contribution in [0, 0.1) is 6.92 Å². The molecule has 0 unspecified atom stereocenters. The maximum absolute atomic E-state index is 12.4. The predicted octanol–water partition coefficient (Wildman–Crippen LogP) is 2.83. The van der Waals surface area contributed by atoms with Crippen LogP contribution in [0.25, 0.3) is 0 Å². The van der Waals surface area contributed by atoms with Gasteiger partial charge in [0, 0.05) is 26.2 Å². The van der Waals surface area contributed by atoms with Crippen molar-refractivity contribution in [3.8, 4) is 0 Å². The minimum Gasteiger partial charge on any atom is -0.373 e. The molecule has 2 aromatic rings. The zero-order valence-corrected chi connectivity index (χ0v) is 13.0. The largest absolute Gasteiger partial charge is 0.373 e. The number of aromatic amines is 1. The number of pyridine rings is 1. The summed E-state index contributed by atoms with van der Waals surface area (Å²) in [5.74, 6) is 0. The molecule has 0 amide bonds. The second-order valence-electron chi connectivity index (χ2n) is 6.15. The van der Waals surface area contributed by atoms with Crippen LogP contribution in [0.1, 0.15) is 34.4 Å². The van der Waals surface area contributed by atoms with Gasteiger partial charge in [-0.05, 0) is 42.9 Å². The number of hydrogen-bond donors (Lipinski definition) is 1. The number of benzene rings is 1. The Morgan fingerprint density at radius 1 is 1.24 bits per heavy atom. The molecule has 0 saturated carbocycles. The first-order valence-electron chi connectivity index (χ1n) is 7.56. The van der Waals surface area contributed by atoms with Gasteiger partial charge in [-0.1, -0.05) is 29.8 Å². The van der Waals surface area contributed by atoms with E-state index in [9.17, 15) is 4.79 Å². The minimum atomic E-state index is 0.0447. The monoisotopic (exact) mass is 282 g/mol. The predicted molar refractivity (Wildman–Crippen MR) is 87.4 cm³/mol. The van der Waals surface area contributed by atoms with Gasteiger partial charge in [-0.3, -0.25) is 4.79 Å². The van der Waals surface area contributed by atoms with Crippen LogP contribution in [0.3, 0.4) is 0 Å². The maximum atomic E-state index is 12.4. The fraction of sp³-hybridized carbons (Fsp3) is 0.389. The van der Waals surface area contributed by atoms with E-state index in [1.807, 2.05) is 19.0 Å². The van der Waals surface area contributed by atoms with E-state index in [0.29, 0.717) is 0 Å². The van der Waals surface area contributed by atoms with E-state index in [2.05, 4.69) is 36.2 Å². The van der Waals surface area contributed by atoms with E-state index in [4.69, 9.17) is 0 Å². The molecule has 1 heterocycles. The highest BCUT2D eigenvalue weighted by atomic mass is 16.1. The van der Waals surface area contributed by atoms with Crippen LogP contribution in [-0.4, -0.2) is 19.1 Å². The second kappa shape index (κ2) is 5.40. The van der Waals surface area contributed by atoms with Crippen LogP contribution in [0.4, 0.5) is 5.69 Å². The zero-order chi connectivity index (χ0) is 15.0. The maximum Gasteiger partial charge on any atom is 0.271 e. The highest BCUT2D eigenvalue weighted by Crippen LogP contribution is 2.29. The van der Waals surface area contributed by atoms with Crippen molar-refractivity contribution in [1.29, 1.82) is 0 Å². The molecule has 21 heavy (non-hydrogen) atoms. The van der Waals surface area contributed by atoms with Crippen molar-refractivity contribution >= 4 is 5.69 Å². The van der Waals surface area contributed by atoms with Crippen LogP contribution < -0.4 is 10.5 Å². The molecule has 3 heteroatoms. The van der Waals surface area contributed by atoms with Gasteiger partial charge in [-0.15, -0.1) is 0 Å². The number of rotatable bonds is 3. The summed E-state index contributed by atoms with van der Waals surface area (Å²) in [6.45, 7) is 2.11. The summed E-state index contributed by atoms with van der Waals surface area (Å²) in [4.78, 5) is 17.4. The quantitative estimate of drug-likeness (QED) is 0.939. The summed E-state index contributed by atoms with van der Waals surface area (Å²) in [6, 6.07) is 8.56. The molecule has 1 N–H and O–H groups in total. The Kier molecular flexibility index (Phi) is 3.58. The Bertz CT molecular complexity index is 728. The zero-order valence-electron chi connectivity index (χ0n) is 13.0. The molecular weight excluding hydrogens is 260 g/mol. The Morgan fingerprint density at radius 3 is 2.76 bits per heavy atom. The molecule has 0 aliphatic heterocycles. The lowest BCUT2D eigenvalue weighted by Gasteiger charge is -2.20. The number of fused-ring (bicyclic) bond motifs is 1. The lowest BCUT2D eigenvalue weighted by atomic mass is 9.97. The van der Waals surface area contributed by atoms with Crippen LogP contribution in [0.5, 0.6) is 0 Å². The highest BCUT2D eigenvalue weighted by molar-refractivity contribution is 5.58. The summed E-state index contributed by atoms with van der Waals surface area (Å²) >= 11 is 0. The fourth-order valence-corrected chi connectivity index (χ4v) is 3.38. The number of aromatic nitrogens is 1. The average molecular weight is 282 g/mol. The molecule has 0 fully saturated rings. The first kappa shape index (κ1) is 13.9. The lowest BCUT2D eigenvalue weighted by molar-refractivity contribution is 0.895. The van der Waals surface area contributed by atoms with Crippen LogP contribution in [0.15, 0.2) is 29.1 Å². The van der Waals surface area contributed by atoms with Crippen molar-refractivity contribution in [2.75, 3.05) is 19.0 Å². The number of anilines is 1. The summed E-state index contributed by atoms with van der Waals surface area (Å²) < 4.78 is 0. The van der Waals surface area contributed by atoms with E-state index < -0.39 is 0 Å². The third kappa shape index (κ3) is 2.60. The van der Waals surface area contributed by atoms with Crippen molar-refractivity contribution in [2.24, 2.45) is 0 Å². The smallest absolute Gasteiger partial charge is 0.271 e. The summed E-state index contributed by atoms with van der Waals surface area (Å²) in [7, 11) is 3.90. The Labute approximate surface area is 125 Å². The number of hydrogen-bond acceptors (Lipinski definition) is 2. The van der Waals surface area contributed by atoms with Crippen molar-refractivity contribution in [1.82, 2.24) is 4.98 Å². The fourth-order valence-electron chi connectivity index (χ4n) is 3.38. The van der Waals surface area contributed by atoms with Gasteiger partial charge in [0.15, 0.2) is 0 Å². The lowest BCUT2D eigenvalue weighted by Crippen LogP contribution is -2.25. The van der Waals surface area contributed by atoms with Crippen LogP contribution >= 0.6 is 0 Å². The van der Waals surface area contributed by atoms with E-state index in [0.717, 1.165) is 37.1 Å². The summed E-state index contributed by atoms with van der Waals surface area (Å²) in [5, 5.41) is 0. The van der Waals surface area contributed by atoms with Crippen molar-refractivity contribution in [2.45, 2.75) is 32.6 Å². The molecular formula is C18H22N2O. The van der Waals surface area contributed by atoms with Crippen molar-refractivity contribution in [3.63, 3.8) is 0 Å². The number of nitrogens with one attached hydrogen (secondary N) is 1. The standard InChI is InChI=1S/C18H22N2O/c1-12-6-4-7-13(10-12)11-15-14-8-5-9-16(14)19-18(21)17(15)20(2)3/h4,6-7,10H,5,8-9,11H2,1-3H3,(H,19,21). The molecule has 3 nitrogen and oxygen atoms in total. The van der Waals surface area contributed by atoms with Crippen molar-refractivity contribution < 1.29 is 0 Å². The molecule has 0 spiro atoms. The highest BCUT2D eigenvalue weighted by Gasteiger charge is 2.22. The summed E-state index contributed by atoms with van der Waals surface area (Å²) in [5.41, 5.74) is 7.12. The van der Waals surface area contributed by atoms with Gasteiger partial charge < -0.3 is 9.88 Å². The molecule has 110 valence electrons. The van der Waals surface area contributed by atoms with E-state index in [1.54, 1.807) is 0 Å².